The minimum atomic E-state index is -1.70. The second-order valence-electron chi connectivity index (χ2n) is 6.84. The summed E-state index contributed by atoms with van der Waals surface area (Å²) in [6.07, 6.45) is 0. The summed E-state index contributed by atoms with van der Waals surface area (Å²) in [6, 6.07) is 4.31. The van der Waals surface area contributed by atoms with E-state index < -0.39 is 8.32 Å². The molecule has 5 heteroatoms. The Bertz CT molecular complexity index is 629. The van der Waals surface area contributed by atoms with Gasteiger partial charge in [0, 0.05) is 5.39 Å². The second-order valence-corrected chi connectivity index (χ2v) is 12.7. The van der Waals surface area contributed by atoms with Crippen LogP contribution in [0.25, 0.3) is 10.9 Å². The molecule has 1 N–H and O–H groups in total. The summed E-state index contributed by atoms with van der Waals surface area (Å²) in [5, 5.41) is 8.84. The molecule has 2 aromatic rings. The van der Waals surface area contributed by atoms with Gasteiger partial charge in [0.05, 0.1) is 12.1 Å². The van der Waals surface area contributed by atoms with E-state index >= 15 is 0 Å². The zero-order chi connectivity index (χ0) is 15.1. The van der Waals surface area contributed by atoms with Crippen molar-refractivity contribution in [3.8, 4) is 0 Å². The molecule has 110 valence electrons. The molecule has 0 aliphatic rings. The maximum atomic E-state index is 6.32. The van der Waals surface area contributed by atoms with Crippen LogP contribution in [0.3, 0.4) is 0 Å². The van der Waals surface area contributed by atoms with E-state index in [4.69, 9.17) is 4.43 Å². The van der Waals surface area contributed by atoms with Crippen molar-refractivity contribution in [1.82, 2.24) is 10.2 Å². The number of nitrogens with one attached hydrogen (secondary N) is 1. The summed E-state index contributed by atoms with van der Waals surface area (Å²) < 4.78 is 7.34. The van der Waals surface area contributed by atoms with Crippen LogP contribution in [0.15, 0.2) is 12.1 Å². The molecule has 0 atom stereocenters. The molecule has 0 saturated heterocycles. The van der Waals surface area contributed by atoms with Crippen molar-refractivity contribution >= 4 is 41.8 Å². The molecular formula is C15H23IN2OSi. The largest absolute Gasteiger partial charge is 0.413 e. The van der Waals surface area contributed by atoms with E-state index in [1.54, 1.807) is 0 Å². The monoisotopic (exact) mass is 402 g/mol. The molecule has 0 aliphatic heterocycles. The van der Waals surface area contributed by atoms with E-state index in [-0.39, 0.29) is 5.04 Å². The number of halogens is 1. The van der Waals surface area contributed by atoms with Crippen LogP contribution in [-0.2, 0) is 11.0 Å². The normalized spacial score (nSPS) is 13.2. The van der Waals surface area contributed by atoms with Crippen LogP contribution < -0.4 is 0 Å². The van der Waals surface area contributed by atoms with Gasteiger partial charge in [-0.3, -0.25) is 5.10 Å². The number of fused-ring (bicyclic) bond motifs is 1. The number of nitrogens with zero attached hydrogens (tertiary/aromatic N) is 1. The zero-order valence-corrected chi connectivity index (χ0v) is 16.3. The maximum Gasteiger partial charge on any atom is 0.192 e. The van der Waals surface area contributed by atoms with Crippen molar-refractivity contribution in [1.29, 1.82) is 0 Å². The number of H-pyrrole nitrogens is 1. The Hall–Kier alpha value is -0.403. The lowest BCUT2D eigenvalue weighted by molar-refractivity contribution is 0.276. The molecule has 0 amide bonds. The average molecular weight is 402 g/mol. The van der Waals surface area contributed by atoms with E-state index in [0.29, 0.717) is 6.61 Å². The number of rotatable bonds is 3. The highest BCUT2D eigenvalue weighted by molar-refractivity contribution is 14.1. The van der Waals surface area contributed by atoms with Crippen LogP contribution in [0.1, 0.15) is 31.9 Å². The first kappa shape index (κ1) is 16.0. The molecule has 1 aromatic heterocycles. The summed E-state index contributed by atoms with van der Waals surface area (Å²) >= 11 is 2.26. The number of aryl methyl sites for hydroxylation is 1. The third-order valence-corrected chi connectivity index (χ3v) is 9.76. The fraction of sp³-hybridized carbons (Fsp3) is 0.533. The topological polar surface area (TPSA) is 37.9 Å². The molecule has 0 saturated carbocycles. The Balaban J connectivity index is 2.25. The second kappa shape index (κ2) is 5.42. The molecule has 20 heavy (non-hydrogen) atoms. The van der Waals surface area contributed by atoms with Gasteiger partial charge in [0.15, 0.2) is 8.32 Å². The summed E-state index contributed by atoms with van der Waals surface area (Å²) in [7, 11) is -1.70. The van der Waals surface area contributed by atoms with Crippen LogP contribution in [0.5, 0.6) is 0 Å². The van der Waals surface area contributed by atoms with E-state index in [9.17, 15) is 0 Å². The predicted molar refractivity (Wildman–Crippen MR) is 95.5 cm³/mol. The van der Waals surface area contributed by atoms with Gasteiger partial charge >= 0.3 is 0 Å². The van der Waals surface area contributed by atoms with Crippen LogP contribution in [0, 0.1) is 10.6 Å². The minimum Gasteiger partial charge on any atom is -0.413 e. The van der Waals surface area contributed by atoms with Crippen molar-refractivity contribution in [3.63, 3.8) is 0 Å². The van der Waals surface area contributed by atoms with E-state index in [1.807, 2.05) is 0 Å². The van der Waals surface area contributed by atoms with E-state index in [0.717, 1.165) is 9.22 Å². The maximum absolute atomic E-state index is 6.32. The predicted octanol–water partition coefficient (Wildman–Crippen LogP) is 5.00. The molecule has 1 aromatic carbocycles. The van der Waals surface area contributed by atoms with Gasteiger partial charge in [-0.05, 0) is 64.8 Å². The summed E-state index contributed by atoms with van der Waals surface area (Å²) in [5.41, 5.74) is 3.63. The van der Waals surface area contributed by atoms with Crippen molar-refractivity contribution in [2.75, 3.05) is 0 Å². The smallest absolute Gasteiger partial charge is 0.192 e. The summed E-state index contributed by atoms with van der Waals surface area (Å²) in [4.78, 5) is 0. The van der Waals surface area contributed by atoms with Crippen molar-refractivity contribution in [2.24, 2.45) is 0 Å². The molecule has 2 rings (SSSR count). The van der Waals surface area contributed by atoms with Gasteiger partial charge in [0.25, 0.3) is 0 Å². The summed E-state index contributed by atoms with van der Waals surface area (Å²) in [5.74, 6) is 0. The number of hydrogen-bond donors (Lipinski definition) is 1. The highest BCUT2D eigenvalue weighted by atomic mass is 127. The fourth-order valence-electron chi connectivity index (χ4n) is 1.87. The van der Waals surface area contributed by atoms with Crippen molar-refractivity contribution in [2.45, 2.75) is 52.4 Å². The molecule has 3 nitrogen and oxygen atoms in total. The lowest BCUT2D eigenvalue weighted by atomic mass is 10.1. The van der Waals surface area contributed by atoms with Crippen LogP contribution in [-0.4, -0.2) is 18.5 Å². The molecule has 0 spiro atoms. The Morgan fingerprint density at radius 3 is 2.55 bits per heavy atom. The highest BCUT2D eigenvalue weighted by Gasteiger charge is 2.37. The Kier molecular flexibility index (Phi) is 4.33. The Labute approximate surface area is 135 Å². The van der Waals surface area contributed by atoms with Gasteiger partial charge in [-0.15, -0.1) is 0 Å². The molecule has 0 unspecified atom stereocenters. The average Bonchev–Trinajstić information content (AvgIpc) is 2.70. The zero-order valence-electron chi connectivity index (χ0n) is 13.1. The molecule has 0 radical (unpaired) electrons. The van der Waals surface area contributed by atoms with Crippen LogP contribution >= 0.6 is 22.6 Å². The first-order chi connectivity index (χ1) is 9.13. The van der Waals surface area contributed by atoms with Crippen LogP contribution in [0.2, 0.25) is 18.1 Å². The van der Waals surface area contributed by atoms with Crippen LogP contribution in [0.4, 0.5) is 0 Å². The van der Waals surface area contributed by atoms with E-state index in [2.05, 4.69) is 85.7 Å². The van der Waals surface area contributed by atoms with Crippen molar-refractivity contribution in [3.05, 3.63) is 27.0 Å². The number of hydrogen-bond acceptors (Lipinski definition) is 2. The third kappa shape index (κ3) is 2.94. The number of aromatic nitrogens is 2. The fourth-order valence-corrected chi connectivity index (χ4v) is 3.39. The molecule has 0 bridgehead atoms. The molecule has 1 heterocycles. The third-order valence-electron chi connectivity index (χ3n) is 4.46. The van der Waals surface area contributed by atoms with Gasteiger partial charge in [0.1, 0.15) is 3.70 Å². The highest BCUT2D eigenvalue weighted by Crippen LogP contribution is 2.37. The number of benzene rings is 1. The quantitative estimate of drug-likeness (QED) is 0.580. The SMILES string of the molecule is Cc1c(CO[Si](C)(C)C(C)(C)C)ccc2c(I)n[nH]c12. The molecular weight excluding hydrogens is 379 g/mol. The first-order valence-electron chi connectivity index (χ1n) is 6.89. The Morgan fingerprint density at radius 2 is 1.95 bits per heavy atom. The first-order valence-corrected chi connectivity index (χ1v) is 10.9. The molecule has 0 aliphatic carbocycles. The van der Waals surface area contributed by atoms with Gasteiger partial charge < -0.3 is 4.43 Å². The van der Waals surface area contributed by atoms with Gasteiger partial charge in [0.2, 0.25) is 0 Å². The lowest BCUT2D eigenvalue weighted by Gasteiger charge is -2.36. The standard InChI is InChI=1S/C15H23IN2OSi/c1-10-11(9-19-20(5,6)15(2,3)4)7-8-12-13(10)17-18-14(12)16/h7-8H,9H2,1-6H3,(H,17,18). The van der Waals surface area contributed by atoms with Gasteiger partial charge in [-0.25, -0.2) is 0 Å². The number of aromatic amines is 1. The lowest BCUT2D eigenvalue weighted by Crippen LogP contribution is -2.40. The van der Waals surface area contributed by atoms with E-state index in [1.165, 1.54) is 16.5 Å². The summed E-state index contributed by atoms with van der Waals surface area (Å²) in [6.45, 7) is 14.2. The van der Waals surface area contributed by atoms with Crippen molar-refractivity contribution < 1.29 is 4.43 Å². The minimum absolute atomic E-state index is 0.244. The Morgan fingerprint density at radius 1 is 1.30 bits per heavy atom. The van der Waals surface area contributed by atoms with Gasteiger partial charge in [-0.1, -0.05) is 26.8 Å². The molecule has 0 fully saturated rings. The van der Waals surface area contributed by atoms with Gasteiger partial charge in [-0.2, -0.15) is 5.10 Å².